The molecule has 1 fully saturated rings. The molecule has 6 heteroatoms. The molecule has 1 heterocycles. The van der Waals surface area contributed by atoms with E-state index in [9.17, 15) is 9.59 Å². The average molecular weight is 340 g/mol. The van der Waals surface area contributed by atoms with E-state index in [4.69, 9.17) is 0 Å². The van der Waals surface area contributed by atoms with E-state index >= 15 is 0 Å². The highest BCUT2D eigenvalue weighted by atomic mass is 35.5. The van der Waals surface area contributed by atoms with E-state index in [1.54, 1.807) is 0 Å². The number of halogens is 1. The van der Waals surface area contributed by atoms with Crippen LogP contribution in [-0.2, 0) is 9.59 Å². The van der Waals surface area contributed by atoms with Gasteiger partial charge < -0.3 is 16.0 Å². The first-order chi connectivity index (χ1) is 10.5. The third-order valence-corrected chi connectivity index (χ3v) is 3.95. The highest BCUT2D eigenvalue weighted by Crippen LogP contribution is 2.17. The summed E-state index contributed by atoms with van der Waals surface area (Å²) in [5, 5.41) is 9.17. The summed E-state index contributed by atoms with van der Waals surface area (Å²) in [5.41, 5.74) is 2.11. The fourth-order valence-corrected chi connectivity index (χ4v) is 2.72. The lowest BCUT2D eigenvalue weighted by molar-refractivity contribution is -0.122. The quantitative estimate of drug-likeness (QED) is 0.740. The van der Waals surface area contributed by atoms with Gasteiger partial charge in [0.05, 0.1) is 12.5 Å². The Hall–Kier alpha value is -1.59. The van der Waals surface area contributed by atoms with Crippen LogP contribution in [0.1, 0.15) is 43.4 Å². The van der Waals surface area contributed by atoms with Crippen molar-refractivity contribution in [3.05, 3.63) is 35.4 Å². The van der Waals surface area contributed by atoms with Gasteiger partial charge in [0.1, 0.15) is 0 Å². The minimum absolute atomic E-state index is 0. The summed E-state index contributed by atoms with van der Waals surface area (Å²) in [6.07, 6.45) is 2.53. The lowest BCUT2D eigenvalue weighted by Crippen LogP contribution is -2.39. The van der Waals surface area contributed by atoms with Crippen molar-refractivity contribution in [1.82, 2.24) is 16.0 Å². The number of hydrogen-bond donors (Lipinski definition) is 3. The van der Waals surface area contributed by atoms with E-state index in [-0.39, 0.29) is 36.7 Å². The van der Waals surface area contributed by atoms with Crippen LogP contribution in [0.3, 0.4) is 0 Å². The normalized spacial score (nSPS) is 17.9. The zero-order chi connectivity index (χ0) is 15.9. The van der Waals surface area contributed by atoms with Gasteiger partial charge in [0.2, 0.25) is 11.8 Å². The summed E-state index contributed by atoms with van der Waals surface area (Å²) in [6.45, 7) is 5.16. The van der Waals surface area contributed by atoms with E-state index in [1.165, 1.54) is 13.3 Å². The Labute approximate surface area is 144 Å². The van der Waals surface area contributed by atoms with Gasteiger partial charge in [-0.1, -0.05) is 29.8 Å². The Morgan fingerprint density at radius 1 is 1.30 bits per heavy atom. The molecule has 0 spiro atoms. The molecule has 0 bridgehead atoms. The highest BCUT2D eigenvalue weighted by Gasteiger charge is 2.19. The molecule has 5 nitrogen and oxygen atoms in total. The molecule has 2 amide bonds. The Morgan fingerprint density at radius 3 is 2.57 bits per heavy atom. The lowest BCUT2D eigenvalue weighted by atomic mass is 10.0. The molecule has 128 valence electrons. The van der Waals surface area contributed by atoms with Gasteiger partial charge in [-0.15, -0.1) is 12.4 Å². The summed E-state index contributed by atoms with van der Waals surface area (Å²) in [5.74, 6) is -0.163. The second-order valence-electron chi connectivity index (χ2n) is 5.97. The first kappa shape index (κ1) is 19.5. The van der Waals surface area contributed by atoms with Crippen molar-refractivity contribution in [2.24, 2.45) is 0 Å². The molecule has 2 unspecified atom stereocenters. The highest BCUT2D eigenvalue weighted by molar-refractivity contribution is 5.85. The second kappa shape index (κ2) is 9.53. The van der Waals surface area contributed by atoms with Crippen LogP contribution in [0.4, 0.5) is 0 Å². The average Bonchev–Trinajstić information content (AvgIpc) is 2.98. The third kappa shape index (κ3) is 6.59. The van der Waals surface area contributed by atoms with Crippen LogP contribution in [0.15, 0.2) is 24.3 Å². The molecule has 1 aromatic carbocycles. The number of rotatable bonds is 6. The van der Waals surface area contributed by atoms with E-state index in [0.717, 1.165) is 24.1 Å². The predicted octanol–water partition coefficient (Wildman–Crippen LogP) is 1.85. The summed E-state index contributed by atoms with van der Waals surface area (Å²) >= 11 is 0. The van der Waals surface area contributed by atoms with Crippen LogP contribution in [0, 0.1) is 6.92 Å². The Kier molecular flexibility index (Phi) is 8.06. The molecule has 1 aliphatic rings. The van der Waals surface area contributed by atoms with E-state index in [2.05, 4.69) is 16.0 Å². The van der Waals surface area contributed by atoms with Crippen molar-refractivity contribution >= 4 is 24.2 Å². The van der Waals surface area contributed by atoms with E-state index in [1.807, 2.05) is 31.2 Å². The Balaban J connectivity index is 0.00000264. The van der Waals surface area contributed by atoms with Crippen LogP contribution in [0.2, 0.25) is 0 Å². The second-order valence-corrected chi connectivity index (χ2v) is 5.97. The van der Waals surface area contributed by atoms with Crippen molar-refractivity contribution < 1.29 is 9.59 Å². The Morgan fingerprint density at radius 2 is 2.00 bits per heavy atom. The standard InChI is InChI=1S/C17H25N3O2.ClH/c1-12-5-7-14(8-6-12)16(20-13(2)21)10-17(22)19-11-15-4-3-9-18-15;/h5-8,15-16,18H,3-4,9-11H2,1-2H3,(H,19,22)(H,20,21);1H. The van der Waals surface area contributed by atoms with Crippen molar-refractivity contribution in [3.8, 4) is 0 Å². The molecule has 0 radical (unpaired) electrons. The number of nitrogens with one attached hydrogen (secondary N) is 3. The van der Waals surface area contributed by atoms with Gasteiger partial charge in [0, 0.05) is 19.5 Å². The molecule has 3 N–H and O–H groups in total. The van der Waals surface area contributed by atoms with Crippen molar-refractivity contribution in [1.29, 1.82) is 0 Å². The zero-order valence-corrected chi connectivity index (χ0v) is 14.5. The predicted molar refractivity (Wildman–Crippen MR) is 93.6 cm³/mol. The van der Waals surface area contributed by atoms with Gasteiger partial charge in [-0.05, 0) is 31.9 Å². The van der Waals surface area contributed by atoms with E-state index in [0.29, 0.717) is 12.6 Å². The van der Waals surface area contributed by atoms with Crippen molar-refractivity contribution in [2.75, 3.05) is 13.1 Å². The molecule has 2 rings (SSSR count). The SMILES string of the molecule is CC(=O)NC(CC(=O)NCC1CCCN1)c1ccc(C)cc1.Cl. The van der Waals surface area contributed by atoms with Gasteiger partial charge in [-0.3, -0.25) is 9.59 Å². The van der Waals surface area contributed by atoms with Crippen LogP contribution >= 0.6 is 12.4 Å². The minimum atomic E-state index is -0.283. The van der Waals surface area contributed by atoms with Crippen LogP contribution < -0.4 is 16.0 Å². The molecule has 1 aliphatic heterocycles. The first-order valence-electron chi connectivity index (χ1n) is 7.88. The monoisotopic (exact) mass is 339 g/mol. The maximum atomic E-state index is 12.1. The van der Waals surface area contributed by atoms with Gasteiger partial charge in [0.25, 0.3) is 0 Å². The summed E-state index contributed by atoms with van der Waals surface area (Å²) in [4.78, 5) is 23.5. The van der Waals surface area contributed by atoms with Crippen molar-refractivity contribution in [3.63, 3.8) is 0 Å². The van der Waals surface area contributed by atoms with E-state index < -0.39 is 0 Å². The molecule has 1 saturated heterocycles. The summed E-state index contributed by atoms with van der Waals surface area (Å²) in [7, 11) is 0. The van der Waals surface area contributed by atoms with Crippen LogP contribution in [-0.4, -0.2) is 30.9 Å². The van der Waals surface area contributed by atoms with Crippen LogP contribution in [0.5, 0.6) is 0 Å². The number of benzene rings is 1. The molecular weight excluding hydrogens is 314 g/mol. The number of hydrogen-bond acceptors (Lipinski definition) is 3. The fraction of sp³-hybridized carbons (Fsp3) is 0.529. The van der Waals surface area contributed by atoms with Gasteiger partial charge in [0.15, 0.2) is 0 Å². The maximum Gasteiger partial charge on any atom is 0.222 e. The fourth-order valence-electron chi connectivity index (χ4n) is 2.72. The Bertz CT molecular complexity index is 513. The summed E-state index contributed by atoms with van der Waals surface area (Å²) in [6, 6.07) is 8.00. The summed E-state index contributed by atoms with van der Waals surface area (Å²) < 4.78 is 0. The zero-order valence-electron chi connectivity index (χ0n) is 13.7. The molecule has 0 saturated carbocycles. The number of amides is 2. The smallest absolute Gasteiger partial charge is 0.222 e. The first-order valence-corrected chi connectivity index (χ1v) is 7.88. The molecule has 2 atom stereocenters. The largest absolute Gasteiger partial charge is 0.354 e. The minimum Gasteiger partial charge on any atom is -0.354 e. The van der Waals surface area contributed by atoms with Crippen LogP contribution in [0.25, 0.3) is 0 Å². The molecule has 0 aromatic heterocycles. The number of carbonyl (C=O) groups is 2. The lowest BCUT2D eigenvalue weighted by Gasteiger charge is -2.19. The molecular formula is C17H26ClN3O2. The van der Waals surface area contributed by atoms with Gasteiger partial charge in [-0.2, -0.15) is 0 Å². The van der Waals surface area contributed by atoms with Gasteiger partial charge >= 0.3 is 0 Å². The molecule has 1 aromatic rings. The third-order valence-electron chi connectivity index (χ3n) is 3.95. The maximum absolute atomic E-state index is 12.1. The van der Waals surface area contributed by atoms with Gasteiger partial charge in [-0.25, -0.2) is 0 Å². The number of aryl methyl sites for hydroxylation is 1. The van der Waals surface area contributed by atoms with Crippen molar-refractivity contribution in [2.45, 2.75) is 45.2 Å². The topological polar surface area (TPSA) is 70.2 Å². The number of carbonyl (C=O) groups excluding carboxylic acids is 2. The molecule has 0 aliphatic carbocycles. The molecule has 23 heavy (non-hydrogen) atoms.